The fourth-order valence-corrected chi connectivity index (χ4v) is 1.40. The number of H-pyrrole nitrogens is 1. The van der Waals surface area contributed by atoms with Crippen LogP contribution in [0.2, 0.25) is 0 Å². The number of ketones is 1. The number of methoxy groups -OCH3 is 1. The molecule has 15 heavy (non-hydrogen) atoms. The molecule has 1 aromatic heterocycles. The number of imidazole rings is 1. The predicted molar refractivity (Wildman–Crippen MR) is 56.0 cm³/mol. The molecule has 5 heteroatoms. The fourth-order valence-electron chi connectivity index (χ4n) is 1.40. The molecule has 0 aliphatic rings. The second-order valence-electron chi connectivity index (χ2n) is 3.07. The van der Waals surface area contributed by atoms with Crippen LogP contribution in [0.5, 0.6) is 5.75 Å². The van der Waals surface area contributed by atoms with Gasteiger partial charge in [-0.25, -0.2) is 4.98 Å². The Kier molecular flexibility index (Phi) is 2.39. The van der Waals surface area contributed by atoms with E-state index in [4.69, 9.17) is 10.5 Å². The number of carbonyl (C=O) groups is 1. The van der Waals surface area contributed by atoms with Crippen LogP contribution in [0.3, 0.4) is 0 Å². The molecular formula is C10H11N3O2. The van der Waals surface area contributed by atoms with E-state index in [1.807, 2.05) is 12.1 Å². The second-order valence-corrected chi connectivity index (χ2v) is 3.07. The van der Waals surface area contributed by atoms with Crippen molar-refractivity contribution in [2.24, 2.45) is 5.73 Å². The van der Waals surface area contributed by atoms with E-state index < -0.39 is 0 Å². The quantitative estimate of drug-likeness (QED) is 0.723. The van der Waals surface area contributed by atoms with Crippen LogP contribution >= 0.6 is 0 Å². The Labute approximate surface area is 86.3 Å². The molecule has 0 amide bonds. The van der Waals surface area contributed by atoms with Crippen LogP contribution in [-0.4, -0.2) is 29.4 Å². The van der Waals surface area contributed by atoms with E-state index >= 15 is 0 Å². The molecule has 0 spiro atoms. The molecule has 1 aromatic carbocycles. The molecular weight excluding hydrogens is 194 g/mol. The van der Waals surface area contributed by atoms with E-state index in [9.17, 15) is 4.79 Å². The molecule has 0 saturated heterocycles. The number of fused-ring (bicyclic) bond motifs is 1. The summed E-state index contributed by atoms with van der Waals surface area (Å²) in [4.78, 5) is 18.4. The highest BCUT2D eigenvalue weighted by Gasteiger charge is 2.11. The van der Waals surface area contributed by atoms with Crippen molar-refractivity contribution >= 4 is 16.8 Å². The number of aromatic amines is 1. The van der Waals surface area contributed by atoms with Gasteiger partial charge in [0.1, 0.15) is 11.3 Å². The molecule has 2 aromatic rings. The smallest absolute Gasteiger partial charge is 0.211 e. The molecule has 1 heterocycles. The number of benzene rings is 1. The average molecular weight is 205 g/mol. The van der Waals surface area contributed by atoms with E-state index in [1.54, 1.807) is 13.2 Å². The number of rotatable bonds is 3. The van der Waals surface area contributed by atoms with Crippen molar-refractivity contribution < 1.29 is 9.53 Å². The maximum absolute atomic E-state index is 11.3. The molecule has 2 rings (SSSR count). The first kappa shape index (κ1) is 9.67. The summed E-state index contributed by atoms with van der Waals surface area (Å²) in [5.41, 5.74) is 6.68. The summed E-state index contributed by atoms with van der Waals surface area (Å²) in [6.07, 6.45) is 0. The Morgan fingerprint density at radius 1 is 1.60 bits per heavy atom. The number of nitrogens with zero attached hydrogens (tertiary/aromatic N) is 1. The van der Waals surface area contributed by atoms with Crippen molar-refractivity contribution in [2.75, 3.05) is 13.7 Å². The van der Waals surface area contributed by atoms with Crippen LogP contribution in [0.25, 0.3) is 11.0 Å². The topological polar surface area (TPSA) is 81.0 Å². The summed E-state index contributed by atoms with van der Waals surface area (Å²) < 4.78 is 5.13. The number of hydrogen-bond donors (Lipinski definition) is 2. The molecule has 0 bridgehead atoms. The molecule has 78 valence electrons. The van der Waals surface area contributed by atoms with Crippen molar-refractivity contribution in [3.8, 4) is 5.75 Å². The van der Waals surface area contributed by atoms with Crippen molar-refractivity contribution in [3.63, 3.8) is 0 Å². The molecule has 0 radical (unpaired) electrons. The van der Waals surface area contributed by atoms with Gasteiger partial charge in [0.05, 0.1) is 19.2 Å². The van der Waals surface area contributed by atoms with Crippen molar-refractivity contribution in [2.45, 2.75) is 0 Å². The number of para-hydroxylation sites is 1. The van der Waals surface area contributed by atoms with Gasteiger partial charge < -0.3 is 15.5 Å². The number of nitrogens with one attached hydrogen (secondary N) is 1. The van der Waals surface area contributed by atoms with Crippen LogP contribution in [0, 0.1) is 0 Å². The number of ether oxygens (including phenoxy) is 1. The van der Waals surface area contributed by atoms with E-state index in [2.05, 4.69) is 9.97 Å². The predicted octanol–water partition coefficient (Wildman–Crippen LogP) is 0.713. The number of aromatic nitrogens is 2. The second kappa shape index (κ2) is 3.70. The van der Waals surface area contributed by atoms with Gasteiger partial charge in [0.25, 0.3) is 0 Å². The van der Waals surface area contributed by atoms with E-state index in [1.165, 1.54) is 0 Å². The van der Waals surface area contributed by atoms with Crippen molar-refractivity contribution in [1.29, 1.82) is 0 Å². The lowest BCUT2D eigenvalue weighted by molar-refractivity contribution is 0.0993. The third-order valence-electron chi connectivity index (χ3n) is 2.15. The molecule has 0 unspecified atom stereocenters. The minimum Gasteiger partial charge on any atom is -0.494 e. The first-order valence-corrected chi connectivity index (χ1v) is 4.52. The standard InChI is InChI=1S/C10H11N3O2/c1-15-8-4-2-3-6-9(8)13-10(12-6)7(14)5-11/h2-4H,5,11H2,1H3,(H,12,13). The lowest BCUT2D eigenvalue weighted by Crippen LogP contribution is -2.14. The summed E-state index contributed by atoms with van der Waals surface area (Å²) in [6, 6.07) is 5.45. The highest BCUT2D eigenvalue weighted by molar-refractivity contribution is 5.97. The number of nitrogens with two attached hydrogens (primary N) is 1. The SMILES string of the molecule is COc1cccc2[nH]c(C(=O)CN)nc12. The third kappa shape index (κ3) is 1.57. The van der Waals surface area contributed by atoms with Gasteiger partial charge in [-0.1, -0.05) is 6.07 Å². The van der Waals surface area contributed by atoms with Crippen LogP contribution in [0.4, 0.5) is 0 Å². The average Bonchev–Trinajstić information content (AvgIpc) is 2.71. The zero-order valence-corrected chi connectivity index (χ0v) is 8.28. The van der Waals surface area contributed by atoms with Gasteiger partial charge in [-0.15, -0.1) is 0 Å². The van der Waals surface area contributed by atoms with E-state index in [-0.39, 0.29) is 18.2 Å². The van der Waals surface area contributed by atoms with Gasteiger partial charge in [-0.2, -0.15) is 0 Å². The Hall–Kier alpha value is -1.88. The molecule has 0 saturated carbocycles. The monoisotopic (exact) mass is 205 g/mol. The maximum atomic E-state index is 11.3. The summed E-state index contributed by atoms with van der Waals surface area (Å²) in [7, 11) is 1.56. The normalized spacial score (nSPS) is 10.5. The van der Waals surface area contributed by atoms with Gasteiger partial charge in [0, 0.05) is 0 Å². The Morgan fingerprint density at radius 2 is 2.40 bits per heavy atom. The van der Waals surface area contributed by atoms with Crippen LogP contribution in [0.15, 0.2) is 18.2 Å². The van der Waals surface area contributed by atoms with E-state index in [0.29, 0.717) is 11.3 Å². The summed E-state index contributed by atoms with van der Waals surface area (Å²) >= 11 is 0. The largest absolute Gasteiger partial charge is 0.494 e. The van der Waals surface area contributed by atoms with Crippen LogP contribution in [-0.2, 0) is 0 Å². The summed E-state index contributed by atoms with van der Waals surface area (Å²) in [6.45, 7) is -0.0534. The fraction of sp³-hybridized carbons (Fsp3) is 0.200. The van der Waals surface area contributed by atoms with Gasteiger partial charge >= 0.3 is 0 Å². The molecule has 0 atom stereocenters. The maximum Gasteiger partial charge on any atom is 0.211 e. The summed E-state index contributed by atoms with van der Waals surface area (Å²) in [5.74, 6) is 0.699. The van der Waals surface area contributed by atoms with Crippen LogP contribution in [0.1, 0.15) is 10.6 Å². The molecule has 0 aliphatic carbocycles. The van der Waals surface area contributed by atoms with Crippen molar-refractivity contribution in [3.05, 3.63) is 24.0 Å². The minimum atomic E-state index is -0.215. The third-order valence-corrected chi connectivity index (χ3v) is 2.15. The molecule has 0 aliphatic heterocycles. The molecule has 0 fully saturated rings. The lowest BCUT2D eigenvalue weighted by Gasteiger charge is -1.97. The van der Waals surface area contributed by atoms with Crippen LogP contribution < -0.4 is 10.5 Å². The van der Waals surface area contributed by atoms with Gasteiger partial charge in [-0.3, -0.25) is 4.79 Å². The zero-order valence-electron chi connectivity index (χ0n) is 8.28. The molecule has 3 N–H and O–H groups in total. The first-order chi connectivity index (χ1) is 7.26. The Balaban J connectivity index is 2.60. The number of carbonyl (C=O) groups excluding carboxylic acids is 1. The Bertz CT molecular complexity index is 504. The van der Waals surface area contributed by atoms with Gasteiger partial charge in [-0.05, 0) is 12.1 Å². The van der Waals surface area contributed by atoms with Gasteiger partial charge in [0.15, 0.2) is 5.82 Å². The Morgan fingerprint density at radius 3 is 3.07 bits per heavy atom. The highest BCUT2D eigenvalue weighted by atomic mass is 16.5. The number of hydrogen-bond acceptors (Lipinski definition) is 4. The summed E-state index contributed by atoms with van der Waals surface area (Å²) in [5, 5.41) is 0. The first-order valence-electron chi connectivity index (χ1n) is 4.52. The minimum absolute atomic E-state index is 0.0534. The highest BCUT2D eigenvalue weighted by Crippen LogP contribution is 2.22. The lowest BCUT2D eigenvalue weighted by atomic mass is 10.3. The van der Waals surface area contributed by atoms with Crippen molar-refractivity contribution in [1.82, 2.24) is 9.97 Å². The number of Topliss-reactive ketones (excluding diaryl/α,β-unsaturated/α-hetero) is 1. The van der Waals surface area contributed by atoms with Gasteiger partial charge in [0.2, 0.25) is 5.78 Å². The van der Waals surface area contributed by atoms with E-state index in [0.717, 1.165) is 5.52 Å². The zero-order chi connectivity index (χ0) is 10.8. The molecule has 5 nitrogen and oxygen atoms in total.